The number of rotatable bonds is 10. The Labute approximate surface area is 101 Å². The molecular formula is C14H28O2. The fourth-order valence-corrected chi connectivity index (χ4v) is 1.50. The maximum atomic E-state index is 11.3. The van der Waals surface area contributed by atoms with Gasteiger partial charge in [0.05, 0.1) is 6.61 Å². The molecule has 0 atom stereocenters. The minimum Gasteiger partial charge on any atom is -0.381 e. The average Bonchev–Trinajstić information content (AvgIpc) is 2.21. The van der Waals surface area contributed by atoms with E-state index in [1.54, 1.807) is 0 Å². The van der Waals surface area contributed by atoms with Crippen LogP contribution in [0.1, 0.15) is 59.8 Å². The predicted octanol–water partition coefficient (Wildman–Crippen LogP) is 3.83. The molecule has 96 valence electrons. The quantitative estimate of drug-likeness (QED) is 0.531. The predicted molar refractivity (Wildman–Crippen MR) is 68.6 cm³/mol. The first-order valence-electron chi connectivity index (χ1n) is 6.64. The number of hydrogen-bond donors (Lipinski definition) is 0. The highest BCUT2D eigenvalue weighted by atomic mass is 16.5. The van der Waals surface area contributed by atoms with Crippen molar-refractivity contribution in [1.82, 2.24) is 0 Å². The molecule has 0 aromatic heterocycles. The van der Waals surface area contributed by atoms with Gasteiger partial charge in [0.25, 0.3) is 0 Å². The standard InChI is InChI=1S/C14H28O2/c1-12(2)8-6-5-7-10-16-11-9-14(15)13(3)4/h12-13H,5-11H2,1-4H3. The fourth-order valence-electron chi connectivity index (χ4n) is 1.50. The number of ether oxygens (including phenoxy) is 1. The monoisotopic (exact) mass is 228 g/mol. The van der Waals surface area contributed by atoms with Gasteiger partial charge in [0, 0.05) is 18.9 Å². The molecule has 0 heterocycles. The second kappa shape index (κ2) is 9.83. The average molecular weight is 228 g/mol. The van der Waals surface area contributed by atoms with E-state index in [0.717, 1.165) is 18.9 Å². The zero-order valence-electron chi connectivity index (χ0n) is 11.4. The molecule has 0 aliphatic carbocycles. The lowest BCUT2D eigenvalue weighted by molar-refractivity contribution is -0.122. The van der Waals surface area contributed by atoms with E-state index < -0.39 is 0 Å². The van der Waals surface area contributed by atoms with Gasteiger partial charge < -0.3 is 4.74 Å². The second-order valence-corrected chi connectivity index (χ2v) is 5.23. The van der Waals surface area contributed by atoms with Crippen LogP contribution in [0.15, 0.2) is 0 Å². The first-order chi connectivity index (χ1) is 7.54. The summed E-state index contributed by atoms with van der Waals surface area (Å²) in [6.07, 6.45) is 5.56. The van der Waals surface area contributed by atoms with E-state index in [0.29, 0.717) is 18.8 Å². The summed E-state index contributed by atoms with van der Waals surface area (Å²) in [5.41, 5.74) is 0. The normalized spacial score (nSPS) is 11.4. The topological polar surface area (TPSA) is 26.3 Å². The number of Topliss-reactive ketones (excluding diaryl/α,β-unsaturated/α-hetero) is 1. The summed E-state index contributed by atoms with van der Waals surface area (Å²) in [5, 5.41) is 0. The summed E-state index contributed by atoms with van der Waals surface area (Å²) in [5.74, 6) is 1.26. The SMILES string of the molecule is CC(C)CCCCCOCCC(=O)C(C)C. The van der Waals surface area contributed by atoms with Gasteiger partial charge in [-0.1, -0.05) is 47.0 Å². The van der Waals surface area contributed by atoms with Gasteiger partial charge in [0.1, 0.15) is 5.78 Å². The summed E-state index contributed by atoms with van der Waals surface area (Å²) in [7, 11) is 0. The van der Waals surface area contributed by atoms with E-state index >= 15 is 0 Å². The van der Waals surface area contributed by atoms with Crippen molar-refractivity contribution in [2.75, 3.05) is 13.2 Å². The molecule has 0 unspecified atom stereocenters. The van der Waals surface area contributed by atoms with E-state index in [9.17, 15) is 4.79 Å². The van der Waals surface area contributed by atoms with Crippen LogP contribution in [0.25, 0.3) is 0 Å². The molecule has 16 heavy (non-hydrogen) atoms. The molecule has 2 heteroatoms. The Kier molecular flexibility index (Phi) is 9.60. The first kappa shape index (κ1) is 15.6. The molecule has 0 saturated carbocycles. The van der Waals surface area contributed by atoms with Crippen LogP contribution >= 0.6 is 0 Å². The third kappa shape index (κ3) is 10.2. The summed E-state index contributed by atoms with van der Waals surface area (Å²) >= 11 is 0. The molecule has 0 saturated heterocycles. The second-order valence-electron chi connectivity index (χ2n) is 5.23. The molecule has 0 aliphatic heterocycles. The van der Waals surface area contributed by atoms with E-state index in [2.05, 4.69) is 13.8 Å². The van der Waals surface area contributed by atoms with Crippen LogP contribution in [-0.4, -0.2) is 19.0 Å². The van der Waals surface area contributed by atoms with Crippen LogP contribution in [0.3, 0.4) is 0 Å². The summed E-state index contributed by atoms with van der Waals surface area (Å²) in [6, 6.07) is 0. The molecule has 0 aliphatic rings. The highest BCUT2D eigenvalue weighted by molar-refractivity contribution is 5.80. The van der Waals surface area contributed by atoms with Crippen LogP contribution in [0, 0.1) is 11.8 Å². The molecule has 2 nitrogen and oxygen atoms in total. The van der Waals surface area contributed by atoms with Crippen molar-refractivity contribution in [3.63, 3.8) is 0 Å². The van der Waals surface area contributed by atoms with E-state index in [1.807, 2.05) is 13.8 Å². The molecule has 0 bridgehead atoms. The van der Waals surface area contributed by atoms with Crippen molar-refractivity contribution in [2.24, 2.45) is 11.8 Å². The molecule has 0 rings (SSSR count). The van der Waals surface area contributed by atoms with Crippen molar-refractivity contribution >= 4 is 5.78 Å². The van der Waals surface area contributed by atoms with Gasteiger partial charge in [0.15, 0.2) is 0 Å². The number of unbranched alkanes of at least 4 members (excludes halogenated alkanes) is 2. The van der Waals surface area contributed by atoms with Crippen LogP contribution in [0.4, 0.5) is 0 Å². The minimum absolute atomic E-state index is 0.148. The Balaban J connectivity index is 3.13. The van der Waals surface area contributed by atoms with Crippen LogP contribution in [0.2, 0.25) is 0 Å². The molecule has 0 fully saturated rings. The van der Waals surface area contributed by atoms with Gasteiger partial charge in [-0.25, -0.2) is 0 Å². The molecule has 0 aromatic rings. The maximum Gasteiger partial charge on any atom is 0.137 e. The summed E-state index contributed by atoms with van der Waals surface area (Å²) in [6.45, 7) is 9.80. The van der Waals surface area contributed by atoms with Gasteiger partial charge in [0.2, 0.25) is 0 Å². The van der Waals surface area contributed by atoms with Crippen molar-refractivity contribution in [3.8, 4) is 0 Å². The Hall–Kier alpha value is -0.370. The summed E-state index contributed by atoms with van der Waals surface area (Å²) < 4.78 is 5.44. The minimum atomic E-state index is 0.148. The van der Waals surface area contributed by atoms with Gasteiger partial charge in [-0.15, -0.1) is 0 Å². The van der Waals surface area contributed by atoms with Gasteiger partial charge in [-0.2, -0.15) is 0 Å². The molecule has 0 radical (unpaired) electrons. The van der Waals surface area contributed by atoms with E-state index in [1.165, 1.54) is 19.3 Å². The maximum absolute atomic E-state index is 11.3. The number of ketones is 1. The van der Waals surface area contributed by atoms with Crippen LogP contribution in [-0.2, 0) is 9.53 Å². The Morgan fingerprint density at radius 1 is 1.00 bits per heavy atom. The van der Waals surface area contributed by atoms with Crippen molar-refractivity contribution < 1.29 is 9.53 Å². The zero-order chi connectivity index (χ0) is 12.4. The number of carbonyl (C=O) groups excluding carboxylic acids is 1. The number of hydrogen-bond acceptors (Lipinski definition) is 2. The zero-order valence-corrected chi connectivity index (χ0v) is 11.4. The van der Waals surface area contributed by atoms with Crippen LogP contribution < -0.4 is 0 Å². The number of carbonyl (C=O) groups is 1. The molecule has 0 aromatic carbocycles. The lowest BCUT2D eigenvalue weighted by Crippen LogP contribution is -2.10. The fraction of sp³-hybridized carbons (Fsp3) is 0.929. The first-order valence-corrected chi connectivity index (χ1v) is 6.64. The van der Waals surface area contributed by atoms with Crippen LogP contribution in [0.5, 0.6) is 0 Å². The highest BCUT2D eigenvalue weighted by Gasteiger charge is 2.05. The Morgan fingerprint density at radius 3 is 2.25 bits per heavy atom. The van der Waals surface area contributed by atoms with E-state index in [-0.39, 0.29) is 5.92 Å². The Bertz CT molecular complexity index is 174. The van der Waals surface area contributed by atoms with Crippen molar-refractivity contribution in [2.45, 2.75) is 59.8 Å². The van der Waals surface area contributed by atoms with Gasteiger partial charge in [-0.05, 0) is 12.3 Å². The molecule has 0 spiro atoms. The van der Waals surface area contributed by atoms with E-state index in [4.69, 9.17) is 4.74 Å². The molecular weight excluding hydrogens is 200 g/mol. The third-order valence-corrected chi connectivity index (χ3v) is 2.71. The van der Waals surface area contributed by atoms with Gasteiger partial charge in [-0.3, -0.25) is 4.79 Å². The smallest absolute Gasteiger partial charge is 0.137 e. The van der Waals surface area contributed by atoms with Gasteiger partial charge >= 0.3 is 0 Å². The van der Waals surface area contributed by atoms with Crippen molar-refractivity contribution in [1.29, 1.82) is 0 Å². The highest BCUT2D eigenvalue weighted by Crippen LogP contribution is 2.08. The third-order valence-electron chi connectivity index (χ3n) is 2.71. The molecule has 0 amide bonds. The van der Waals surface area contributed by atoms with Crippen molar-refractivity contribution in [3.05, 3.63) is 0 Å². The lowest BCUT2D eigenvalue weighted by atomic mass is 10.1. The Morgan fingerprint density at radius 2 is 1.69 bits per heavy atom. The molecule has 0 N–H and O–H groups in total. The summed E-state index contributed by atoms with van der Waals surface area (Å²) in [4.78, 5) is 11.3. The largest absolute Gasteiger partial charge is 0.381 e. The lowest BCUT2D eigenvalue weighted by Gasteiger charge is -2.06.